The normalized spacial score (nSPS) is 16.4. The Kier molecular flexibility index (Phi) is 9.12. The lowest BCUT2D eigenvalue weighted by atomic mass is 9.86. The predicted molar refractivity (Wildman–Crippen MR) is 172 cm³/mol. The maximum Gasteiger partial charge on any atom is 0.405 e. The number of nitrogens with zero attached hydrogens (tertiary/aromatic N) is 1. The van der Waals surface area contributed by atoms with Crippen LogP contribution in [0.4, 0.5) is 18.9 Å². The van der Waals surface area contributed by atoms with Crippen molar-refractivity contribution in [2.75, 3.05) is 25.0 Å². The van der Waals surface area contributed by atoms with Crippen molar-refractivity contribution in [1.82, 2.24) is 10.2 Å². The van der Waals surface area contributed by atoms with Crippen molar-refractivity contribution in [2.24, 2.45) is 0 Å². The van der Waals surface area contributed by atoms with E-state index in [2.05, 4.69) is 22.5 Å². The maximum atomic E-state index is 13.8. The van der Waals surface area contributed by atoms with Crippen molar-refractivity contribution in [2.45, 2.75) is 50.7 Å². The van der Waals surface area contributed by atoms with Crippen LogP contribution in [0.3, 0.4) is 0 Å². The fourth-order valence-corrected chi connectivity index (χ4v) is 6.70. The number of nitrogens with one attached hydrogen (secondary N) is 2. The van der Waals surface area contributed by atoms with E-state index >= 15 is 0 Å². The lowest BCUT2D eigenvalue weighted by Gasteiger charge is -2.31. The van der Waals surface area contributed by atoms with Crippen molar-refractivity contribution in [3.63, 3.8) is 0 Å². The maximum absolute atomic E-state index is 13.8. The number of para-hydroxylation sites is 2. The third kappa shape index (κ3) is 6.65. The van der Waals surface area contributed by atoms with Gasteiger partial charge in [-0.1, -0.05) is 67.9 Å². The Morgan fingerprint density at radius 3 is 2.35 bits per heavy atom. The topological polar surface area (TPSA) is 70.7 Å². The van der Waals surface area contributed by atoms with Crippen molar-refractivity contribution in [3.05, 3.63) is 113 Å². The second kappa shape index (κ2) is 13.4. The molecule has 1 fully saturated rings. The number of fused-ring (bicyclic) bond motifs is 3. The summed E-state index contributed by atoms with van der Waals surface area (Å²) in [6, 6.07) is 27.2. The Bertz CT molecular complexity index is 1720. The quantitative estimate of drug-likeness (QED) is 0.185. The van der Waals surface area contributed by atoms with Gasteiger partial charge in [-0.05, 0) is 96.6 Å². The molecule has 0 spiro atoms. The van der Waals surface area contributed by atoms with Gasteiger partial charge in [0.15, 0.2) is 0 Å². The number of amides is 2. The molecule has 2 N–H and O–H groups in total. The summed E-state index contributed by atoms with van der Waals surface area (Å²) in [4.78, 5) is 29.8. The molecular formula is C37H36F3N3O3. The highest BCUT2D eigenvalue weighted by molar-refractivity contribution is 6.07. The molecule has 2 atom stereocenters. The minimum Gasteiger partial charge on any atom is -0.457 e. The van der Waals surface area contributed by atoms with Crippen LogP contribution in [-0.4, -0.2) is 42.5 Å². The third-order valence-corrected chi connectivity index (χ3v) is 8.65. The number of anilines is 1. The number of carbonyl (C=O) groups excluding carboxylic acids is 2. The van der Waals surface area contributed by atoms with E-state index in [1.165, 1.54) is 0 Å². The molecule has 238 valence electrons. The second-order valence-corrected chi connectivity index (χ2v) is 11.8. The number of carbonyl (C=O) groups is 2. The molecule has 4 aromatic carbocycles. The molecule has 2 aliphatic rings. The number of ether oxygens (including phenoxy) is 1. The van der Waals surface area contributed by atoms with Crippen LogP contribution in [0.15, 0.2) is 91.0 Å². The Hall–Kier alpha value is -4.63. The van der Waals surface area contributed by atoms with Crippen molar-refractivity contribution < 1.29 is 27.5 Å². The number of hydrogen-bond donors (Lipinski definition) is 2. The van der Waals surface area contributed by atoms with Gasteiger partial charge < -0.3 is 15.4 Å². The summed E-state index contributed by atoms with van der Waals surface area (Å²) in [5.41, 5.74) is 4.62. The van der Waals surface area contributed by atoms with Crippen LogP contribution in [0.5, 0.6) is 11.5 Å². The minimum atomic E-state index is -4.53. The molecule has 2 amide bonds. The molecule has 1 aliphatic heterocycles. The molecule has 0 bridgehead atoms. The summed E-state index contributed by atoms with van der Waals surface area (Å²) in [5, 5.41) is 5.22. The number of likely N-dealkylation sites (tertiary alicyclic amines) is 1. The van der Waals surface area contributed by atoms with Gasteiger partial charge in [-0.3, -0.25) is 14.5 Å². The second-order valence-electron chi connectivity index (χ2n) is 11.8. The zero-order valence-electron chi connectivity index (χ0n) is 25.6. The van der Waals surface area contributed by atoms with Crippen LogP contribution in [0.2, 0.25) is 0 Å². The fourth-order valence-electron chi connectivity index (χ4n) is 6.70. The van der Waals surface area contributed by atoms with E-state index in [1.807, 2.05) is 54.6 Å². The highest BCUT2D eigenvalue weighted by atomic mass is 19.4. The van der Waals surface area contributed by atoms with Gasteiger partial charge >= 0.3 is 6.18 Å². The van der Waals surface area contributed by atoms with E-state index < -0.39 is 24.5 Å². The van der Waals surface area contributed by atoms with Gasteiger partial charge in [0, 0.05) is 11.7 Å². The number of rotatable bonds is 10. The minimum absolute atomic E-state index is 0.0703. The van der Waals surface area contributed by atoms with E-state index in [0.29, 0.717) is 33.9 Å². The number of hydrogen-bond acceptors (Lipinski definition) is 4. The Labute approximate surface area is 266 Å². The Morgan fingerprint density at radius 2 is 1.61 bits per heavy atom. The fraction of sp³-hybridized carbons (Fsp3) is 0.297. The first kappa shape index (κ1) is 31.4. The first-order valence-corrected chi connectivity index (χ1v) is 15.7. The predicted octanol–water partition coefficient (Wildman–Crippen LogP) is 8.46. The van der Waals surface area contributed by atoms with Gasteiger partial charge in [0.2, 0.25) is 5.91 Å². The van der Waals surface area contributed by atoms with Gasteiger partial charge in [0.25, 0.3) is 5.91 Å². The van der Waals surface area contributed by atoms with Crippen LogP contribution in [0.25, 0.3) is 11.1 Å². The van der Waals surface area contributed by atoms with E-state index in [0.717, 1.165) is 55.5 Å². The SMILES string of the molecule is CCCC(c1cc(NC(=O)c2ccccc2Oc2ccccc2)cc2c1C(C(=O)NCC(F)(F)F)c1ccccc1-2)N1CCCC1. The summed E-state index contributed by atoms with van der Waals surface area (Å²) in [5.74, 6) is -0.959. The summed E-state index contributed by atoms with van der Waals surface area (Å²) in [7, 11) is 0. The molecule has 1 saturated heterocycles. The highest BCUT2D eigenvalue weighted by Gasteiger charge is 2.40. The zero-order chi connectivity index (χ0) is 32.3. The molecule has 6 rings (SSSR count). The molecule has 1 heterocycles. The molecule has 0 aromatic heterocycles. The molecule has 46 heavy (non-hydrogen) atoms. The Morgan fingerprint density at radius 1 is 0.913 bits per heavy atom. The summed E-state index contributed by atoms with van der Waals surface area (Å²) >= 11 is 0. The van der Waals surface area contributed by atoms with Crippen LogP contribution in [-0.2, 0) is 4.79 Å². The molecule has 4 aromatic rings. The largest absolute Gasteiger partial charge is 0.457 e. The molecule has 9 heteroatoms. The first-order chi connectivity index (χ1) is 22.2. The first-order valence-electron chi connectivity index (χ1n) is 15.7. The molecule has 0 saturated carbocycles. The number of benzene rings is 4. The summed E-state index contributed by atoms with van der Waals surface area (Å²) < 4.78 is 45.6. The molecule has 2 unspecified atom stereocenters. The zero-order valence-corrected chi connectivity index (χ0v) is 25.6. The van der Waals surface area contributed by atoms with E-state index in [-0.39, 0.29) is 11.9 Å². The monoisotopic (exact) mass is 627 g/mol. The molecular weight excluding hydrogens is 591 g/mol. The van der Waals surface area contributed by atoms with Gasteiger partial charge in [-0.2, -0.15) is 13.2 Å². The van der Waals surface area contributed by atoms with Gasteiger partial charge in [0.1, 0.15) is 18.0 Å². The van der Waals surface area contributed by atoms with E-state index in [1.54, 1.807) is 36.4 Å². The van der Waals surface area contributed by atoms with Crippen LogP contribution in [0.1, 0.15) is 71.6 Å². The van der Waals surface area contributed by atoms with Gasteiger partial charge in [-0.25, -0.2) is 0 Å². The van der Waals surface area contributed by atoms with Gasteiger partial charge in [0.05, 0.1) is 11.5 Å². The lowest BCUT2D eigenvalue weighted by molar-refractivity contribution is -0.138. The third-order valence-electron chi connectivity index (χ3n) is 8.65. The Balaban J connectivity index is 1.43. The number of halogens is 3. The van der Waals surface area contributed by atoms with Crippen molar-refractivity contribution >= 4 is 17.5 Å². The van der Waals surface area contributed by atoms with Crippen molar-refractivity contribution in [3.8, 4) is 22.6 Å². The van der Waals surface area contributed by atoms with E-state index in [9.17, 15) is 22.8 Å². The van der Waals surface area contributed by atoms with E-state index in [4.69, 9.17) is 4.74 Å². The molecule has 1 aliphatic carbocycles. The lowest BCUT2D eigenvalue weighted by Crippen LogP contribution is -2.37. The smallest absolute Gasteiger partial charge is 0.405 e. The highest BCUT2D eigenvalue weighted by Crippen LogP contribution is 2.50. The van der Waals surface area contributed by atoms with Crippen molar-refractivity contribution in [1.29, 1.82) is 0 Å². The standard InChI is InChI=1S/C37H36F3N3O3/c1-2-12-31(43-19-10-11-20-43)30-22-24(42-35(44)28-17-8-9-18-32(28)46-25-13-4-3-5-14-25)21-29-26-15-6-7-16-27(26)34(33(29)30)36(45)41-23-37(38,39)40/h3-9,13-18,21-22,31,34H,2,10-12,19-20,23H2,1H3,(H,41,45)(H,42,44). The molecule has 6 nitrogen and oxygen atoms in total. The van der Waals surface area contributed by atoms with Crippen LogP contribution < -0.4 is 15.4 Å². The molecule has 0 radical (unpaired) electrons. The number of alkyl halides is 3. The summed E-state index contributed by atoms with van der Waals surface area (Å²) in [6.07, 6.45) is -0.770. The average Bonchev–Trinajstić information content (AvgIpc) is 3.70. The summed E-state index contributed by atoms with van der Waals surface area (Å²) in [6.45, 7) is 2.47. The van der Waals surface area contributed by atoms with Crippen LogP contribution in [0, 0.1) is 0 Å². The average molecular weight is 628 g/mol. The van der Waals surface area contributed by atoms with Gasteiger partial charge in [-0.15, -0.1) is 0 Å². The van der Waals surface area contributed by atoms with Crippen LogP contribution >= 0.6 is 0 Å².